The molecule has 0 unspecified atom stereocenters. The number of nitro benzene ring substituents is 1. The Kier molecular flexibility index (Phi) is 6.10. The summed E-state index contributed by atoms with van der Waals surface area (Å²) >= 11 is 3.11. The van der Waals surface area contributed by atoms with Crippen molar-refractivity contribution in [1.82, 2.24) is 0 Å². The number of benzene rings is 1. The molecule has 17 heavy (non-hydrogen) atoms. The first kappa shape index (κ1) is 14.1. The van der Waals surface area contributed by atoms with Crippen LogP contribution < -0.4 is 0 Å². The molecule has 1 aromatic carbocycles. The lowest BCUT2D eigenvalue weighted by Crippen LogP contribution is -1.90. The van der Waals surface area contributed by atoms with E-state index in [1.54, 1.807) is 6.07 Å². The summed E-state index contributed by atoms with van der Waals surface area (Å²) < 4.78 is 5.54. The highest BCUT2D eigenvalue weighted by Crippen LogP contribution is 2.21. The molecule has 5 nitrogen and oxygen atoms in total. The van der Waals surface area contributed by atoms with Crippen LogP contribution in [0.1, 0.15) is 18.4 Å². The monoisotopic (exact) mass is 303 g/mol. The number of nitro groups is 1. The van der Waals surface area contributed by atoms with E-state index in [1.807, 2.05) is 0 Å². The van der Waals surface area contributed by atoms with Crippen LogP contribution in [0.3, 0.4) is 0 Å². The molecule has 1 aromatic rings. The minimum atomic E-state index is -0.496. The number of aliphatic hydroxyl groups excluding tert-OH is 1. The van der Waals surface area contributed by atoms with Crippen LogP contribution in [0.5, 0.6) is 0 Å². The van der Waals surface area contributed by atoms with Crippen molar-refractivity contribution in [1.29, 1.82) is 0 Å². The molecule has 1 fully saturated rings. The number of non-ortho nitro benzene ring substituents is 1. The molecule has 1 heterocycles. The summed E-state index contributed by atoms with van der Waals surface area (Å²) in [4.78, 5) is 9.83. The summed E-state index contributed by atoms with van der Waals surface area (Å²) in [5.41, 5.74) is 0.504. The van der Waals surface area contributed by atoms with Crippen LogP contribution in [0.4, 0.5) is 5.69 Å². The Bertz CT molecular complexity index is 372. The van der Waals surface area contributed by atoms with Crippen LogP contribution in [0.2, 0.25) is 0 Å². The molecule has 0 saturated carbocycles. The van der Waals surface area contributed by atoms with Crippen molar-refractivity contribution in [2.45, 2.75) is 19.4 Å². The molecule has 0 aliphatic carbocycles. The first-order chi connectivity index (χ1) is 8.13. The highest BCUT2D eigenvalue weighted by atomic mass is 79.9. The van der Waals surface area contributed by atoms with E-state index in [9.17, 15) is 10.1 Å². The van der Waals surface area contributed by atoms with Crippen LogP contribution in [-0.4, -0.2) is 23.2 Å². The summed E-state index contributed by atoms with van der Waals surface area (Å²) in [6.45, 7) is 1.81. The van der Waals surface area contributed by atoms with Gasteiger partial charge in [-0.25, -0.2) is 0 Å². The van der Waals surface area contributed by atoms with E-state index in [0.29, 0.717) is 10.0 Å². The van der Waals surface area contributed by atoms with Gasteiger partial charge in [-0.3, -0.25) is 10.1 Å². The smallest absolute Gasteiger partial charge is 0.270 e. The normalized spacial score (nSPS) is 14.0. The van der Waals surface area contributed by atoms with Crippen LogP contribution in [0.25, 0.3) is 0 Å². The Hall–Kier alpha value is -0.980. The second-order valence-electron chi connectivity index (χ2n) is 3.55. The molecule has 6 heteroatoms. The first-order valence-corrected chi connectivity index (χ1v) is 6.05. The lowest BCUT2D eigenvalue weighted by atomic mass is 10.2. The molecular formula is C11H14BrNO4. The number of rotatable bonds is 2. The standard InChI is InChI=1S/C7H6BrNO3.C4H8O/c8-6-1-5(4-10)2-7(3-6)9(11)12;1-2-4-5-3-1/h1-3,10H,4H2;1-4H2. The van der Waals surface area contributed by atoms with E-state index in [-0.39, 0.29) is 12.3 Å². The molecule has 0 aromatic heterocycles. The minimum absolute atomic E-state index is 0.0200. The second kappa shape index (κ2) is 7.37. The van der Waals surface area contributed by atoms with Gasteiger partial charge in [-0.2, -0.15) is 0 Å². The molecule has 0 bridgehead atoms. The van der Waals surface area contributed by atoms with E-state index in [2.05, 4.69) is 15.9 Å². The molecule has 1 saturated heterocycles. The van der Waals surface area contributed by atoms with Crippen LogP contribution in [-0.2, 0) is 11.3 Å². The van der Waals surface area contributed by atoms with Crippen molar-refractivity contribution in [3.05, 3.63) is 38.3 Å². The predicted molar refractivity (Wildman–Crippen MR) is 66.8 cm³/mol. The average Bonchev–Trinajstić information content (AvgIpc) is 2.86. The van der Waals surface area contributed by atoms with E-state index in [0.717, 1.165) is 13.2 Å². The summed E-state index contributed by atoms with van der Waals surface area (Å²) in [7, 11) is 0. The molecule has 2 rings (SSSR count). The molecule has 1 aliphatic heterocycles. The maximum atomic E-state index is 10.3. The number of hydrogen-bond acceptors (Lipinski definition) is 4. The number of hydrogen-bond donors (Lipinski definition) is 1. The van der Waals surface area contributed by atoms with Gasteiger partial charge >= 0.3 is 0 Å². The minimum Gasteiger partial charge on any atom is -0.392 e. The van der Waals surface area contributed by atoms with E-state index < -0.39 is 4.92 Å². The molecule has 1 N–H and O–H groups in total. The number of nitrogens with zero attached hydrogens (tertiary/aromatic N) is 1. The van der Waals surface area contributed by atoms with Crippen molar-refractivity contribution < 1.29 is 14.8 Å². The third-order valence-corrected chi connectivity index (χ3v) is 2.62. The lowest BCUT2D eigenvalue weighted by Gasteiger charge is -1.97. The van der Waals surface area contributed by atoms with Gasteiger partial charge < -0.3 is 9.84 Å². The van der Waals surface area contributed by atoms with E-state index >= 15 is 0 Å². The van der Waals surface area contributed by atoms with Gasteiger partial charge in [0.1, 0.15) is 0 Å². The summed E-state index contributed by atoms with van der Waals surface area (Å²) in [5, 5.41) is 19.0. The zero-order valence-electron chi connectivity index (χ0n) is 9.26. The van der Waals surface area contributed by atoms with Gasteiger partial charge in [0.2, 0.25) is 0 Å². The maximum Gasteiger partial charge on any atom is 0.270 e. The Morgan fingerprint density at radius 1 is 1.35 bits per heavy atom. The molecular weight excluding hydrogens is 290 g/mol. The fraction of sp³-hybridized carbons (Fsp3) is 0.455. The SMILES string of the molecule is C1CCOC1.O=[N+]([O-])c1cc(Br)cc(CO)c1. The van der Waals surface area contributed by atoms with Gasteiger partial charge in [0.25, 0.3) is 5.69 Å². The van der Waals surface area contributed by atoms with Gasteiger partial charge in [-0.05, 0) is 24.5 Å². The first-order valence-electron chi connectivity index (χ1n) is 5.26. The number of aliphatic hydroxyl groups is 1. The van der Waals surface area contributed by atoms with Crippen LogP contribution in [0.15, 0.2) is 22.7 Å². The predicted octanol–water partition coefficient (Wildman–Crippen LogP) is 2.65. The molecule has 0 atom stereocenters. The van der Waals surface area contributed by atoms with Crippen molar-refractivity contribution in [2.75, 3.05) is 13.2 Å². The van der Waals surface area contributed by atoms with Crippen molar-refractivity contribution in [3.8, 4) is 0 Å². The van der Waals surface area contributed by atoms with Gasteiger partial charge in [0.15, 0.2) is 0 Å². The van der Waals surface area contributed by atoms with Gasteiger partial charge in [0, 0.05) is 29.8 Å². The zero-order valence-corrected chi connectivity index (χ0v) is 10.9. The molecule has 94 valence electrons. The summed E-state index contributed by atoms with van der Waals surface area (Å²) in [5.74, 6) is 0. The van der Waals surface area contributed by atoms with E-state index in [4.69, 9.17) is 9.84 Å². The van der Waals surface area contributed by atoms with Crippen molar-refractivity contribution >= 4 is 21.6 Å². The molecule has 0 amide bonds. The summed E-state index contributed by atoms with van der Waals surface area (Å²) in [6, 6.07) is 4.36. The quantitative estimate of drug-likeness (QED) is 0.673. The highest BCUT2D eigenvalue weighted by molar-refractivity contribution is 9.10. The Balaban J connectivity index is 0.000000239. The van der Waals surface area contributed by atoms with Gasteiger partial charge in [0.05, 0.1) is 11.5 Å². The number of halogens is 1. The molecule has 1 aliphatic rings. The van der Waals surface area contributed by atoms with Crippen LogP contribution in [0, 0.1) is 10.1 Å². The average molecular weight is 304 g/mol. The Labute approximate surface area is 108 Å². The fourth-order valence-electron chi connectivity index (χ4n) is 1.34. The fourth-order valence-corrected chi connectivity index (χ4v) is 1.87. The van der Waals surface area contributed by atoms with Gasteiger partial charge in [-0.15, -0.1) is 0 Å². The third-order valence-electron chi connectivity index (χ3n) is 2.16. The Morgan fingerprint density at radius 3 is 2.41 bits per heavy atom. The van der Waals surface area contributed by atoms with Crippen molar-refractivity contribution in [2.24, 2.45) is 0 Å². The van der Waals surface area contributed by atoms with E-state index in [1.165, 1.54) is 25.0 Å². The Morgan fingerprint density at radius 2 is 2.00 bits per heavy atom. The largest absolute Gasteiger partial charge is 0.392 e. The van der Waals surface area contributed by atoms with Gasteiger partial charge in [-0.1, -0.05) is 15.9 Å². The lowest BCUT2D eigenvalue weighted by molar-refractivity contribution is -0.385. The van der Waals surface area contributed by atoms with Crippen LogP contribution >= 0.6 is 15.9 Å². The second-order valence-corrected chi connectivity index (χ2v) is 4.47. The molecule has 0 spiro atoms. The number of ether oxygens (including phenoxy) is 1. The maximum absolute atomic E-state index is 10.3. The topological polar surface area (TPSA) is 72.6 Å². The van der Waals surface area contributed by atoms with Crippen molar-refractivity contribution in [3.63, 3.8) is 0 Å². The zero-order chi connectivity index (χ0) is 12.7. The molecule has 0 radical (unpaired) electrons. The summed E-state index contributed by atoms with van der Waals surface area (Å²) in [6.07, 6.45) is 2.56. The highest BCUT2D eigenvalue weighted by Gasteiger charge is 2.07. The third kappa shape index (κ3) is 5.25.